The van der Waals surface area contributed by atoms with Crippen LogP contribution in [0.3, 0.4) is 0 Å². The third-order valence-corrected chi connectivity index (χ3v) is 1.68. The Balaban J connectivity index is 2.88. The number of rotatable bonds is 2. The Morgan fingerprint density at radius 1 is 1.64 bits per heavy atom. The van der Waals surface area contributed by atoms with E-state index in [1.807, 2.05) is 0 Å². The molecule has 1 saturated carbocycles. The van der Waals surface area contributed by atoms with Crippen molar-refractivity contribution >= 4 is 5.78 Å². The maximum atomic E-state index is 10.7. The van der Waals surface area contributed by atoms with Gasteiger partial charge in [0.15, 0.2) is 5.78 Å². The first kappa shape index (κ1) is 7.80. The first-order valence-electron chi connectivity index (χ1n) is 3.51. The molecule has 0 spiro atoms. The summed E-state index contributed by atoms with van der Waals surface area (Å²) in [5.41, 5.74) is -0.0764. The number of carbonyl (C=O) groups is 1. The van der Waals surface area contributed by atoms with Gasteiger partial charge in [0.2, 0.25) is 0 Å². The highest BCUT2D eigenvalue weighted by molar-refractivity contribution is 5.97. The molecule has 0 aromatic carbocycles. The number of carbonyl (C=O) groups excluding carboxylic acids is 1. The normalized spacial score (nSPS) is 18.5. The zero-order valence-corrected chi connectivity index (χ0v) is 6.29. The predicted octanol–water partition coefficient (Wildman–Crippen LogP) is 1.32. The van der Waals surface area contributed by atoms with E-state index in [9.17, 15) is 9.90 Å². The molecule has 0 aliphatic heterocycles. The van der Waals surface area contributed by atoms with Crippen LogP contribution in [-0.2, 0) is 4.79 Å². The van der Waals surface area contributed by atoms with Gasteiger partial charge in [-0.15, -0.1) is 0 Å². The van der Waals surface area contributed by atoms with Crippen LogP contribution >= 0.6 is 0 Å². The van der Waals surface area contributed by atoms with E-state index in [1.54, 1.807) is 6.07 Å². The van der Waals surface area contributed by atoms with Gasteiger partial charge in [0, 0.05) is 5.92 Å². The fourth-order valence-electron chi connectivity index (χ4n) is 0.877. The highest BCUT2D eigenvalue weighted by Gasteiger charge is 2.29. The molecule has 1 fully saturated rings. The van der Waals surface area contributed by atoms with Gasteiger partial charge in [0.05, 0.1) is 0 Å². The van der Waals surface area contributed by atoms with E-state index in [4.69, 9.17) is 5.26 Å². The van der Waals surface area contributed by atoms with Crippen LogP contribution < -0.4 is 0 Å². The summed E-state index contributed by atoms with van der Waals surface area (Å²) in [6, 6.07) is 1.70. The van der Waals surface area contributed by atoms with Crippen molar-refractivity contribution in [1.82, 2.24) is 0 Å². The summed E-state index contributed by atoms with van der Waals surface area (Å²) in [4.78, 5) is 10.7. The summed E-state index contributed by atoms with van der Waals surface area (Å²) in [6.07, 6.45) is 1.79. The molecule has 0 amide bonds. The zero-order valence-electron chi connectivity index (χ0n) is 6.29. The summed E-state index contributed by atoms with van der Waals surface area (Å²) in [5.74, 6) is -0.287. The van der Waals surface area contributed by atoms with Crippen LogP contribution in [0.25, 0.3) is 0 Å². The third-order valence-electron chi connectivity index (χ3n) is 1.68. The minimum Gasteiger partial charge on any atom is -0.511 e. The lowest BCUT2D eigenvalue weighted by molar-refractivity contribution is -0.113. The number of ketones is 1. The summed E-state index contributed by atoms with van der Waals surface area (Å²) in [5, 5.41) is 17.7. The van der Waals surface area contributed by atoms with Gasteiger partial charge in [-0.2, -0.15) is 5.26 Å². The van der Waals surface area contributed by atoms with E-state index >= 15 is 0 Å². The molecule has 58 valence electrons. The minimum atomic E-state index is -0.350. The maximum Gasteiger partial charge on any atom is 0.173 e. The summed E-state index contributed by atoms with van der Waals surface area (Å²) >= 11 is 0. The monoisotopic (exact) mass is 151 g/mol. The van der Waals surface area contributed by atoms with Gasteiger partial charge < -0.3 is 5.11 Å². The Morgan fingerprint density at radius 2 is 2.18 bits per heavy atom. The zero-order chi connectivity index (χ0) is 8.43. The molecular weight excluding hydrogens is 142 g/mol. The van der Waals surface area contributed by atoms with Gasteiger partial charge in [-0.1, -0.05) is 0 Å². The Hall–Kier alpha value is -1.30. The maximum absolute atomic E-state index is 10.7. The van der Waals surface area contributed by atoms with Gasteiger partial charge in [0.25, 0.3) is 0 Å². The van der Waals surface area contributed by atoms with Crippen LogP contribution in [0, 0.1) is 17.2 Å². The van der Waals surface area contributed by atoms with Crippen molar-refractivity contribution < 1.29 is 9.90 Å². The van der Waals surface area contributed by atoms with Gasteiger partial charge in [-0.05, 0) is 19.8 Å². The molecule has 3 nitrogen and oxygen atoms in total. The molecule has 1 aliphatic carbocycles. The Kier molecular flexibility index (Phi) is 1.95. The van der Waals surface area contributed by atoms with Gasteiger partial charge in [-0.25, -0.2) is 0 Å². The highest BCUT2D eigenvalue weighted by Crippen LogP contribution is 2.36. The summed E-state index contributed by atoms with van der Waals surface area (Å²) in [7, 11) is 0. The number of nitrogens with zero attached hydrogens (tertiary/aromatic N) is 1. The molecule has 0 unspecified atom stereocenters. The lowest BCUT2D eigenvalue weighted by atomic mass is 10.1. The van der Waals surface area contributed by atoms with E-state index < -0.39 is 0 Å². The lowest BCUT2D eigenvalue weighted by Gasteiger charge is -1.96. The van der Waals surface area contributed by atoms with Crippen molar-refractivity contribution in [2.24, 2.45) is 5.92 Å². The molecule has 3 heteroatoms. The van der Waals surface area contributed by atoms with Crippen molar-refractivity contribution in [3.63, 3.8) is 0 Å². The van der Waals surface area contributed by atoms with E-state index in [1.165, 1.54) is 6.92 Å². The number of Topliss-reactive ketones (excluding diaryl/α,β-unsaturated/α-hetero) is 1. The Bertz CT molecular complexity index is 256. The second kappa shape index (κ2) is 2.75. The SMILES string of the molecule is CC(=O)/C(C#N)=C(\O)C1CC1. The fourth-order valence-corrected chi connectivity index (χ4v) is 0.877. The van der Waals surface area contributed by atoms with Crippen molar-refractivity contribution in [2.45, 2.75) is 19.8 Å². The van der Waals surface area contributed by atoms with Crippen LogP contribution in [0.1, 0.15) is 19.8 Å². The van der Waals surface area contributed by atoms with E-state index in [-0.39, 0.29) is 23.0 Å². The molecule has 0 heterocycles. The minimum absolute atomic E-state index is 0.0139. The average molecular weight is 151 g/mol. The Morgan fingerprint density at radius 3 is 2.45 bits per heavy atom. The number of aliphatic hydroxyl groups excluding tert-OH is 1. The van der Waals surface area contributed by atoms with E-state index in [0.717, 1.165) is 12.8 Å². The summed E-state index contributed by atoms with van der Waals surface area (Å²) < 4.78 is 0. The van der Waals surface area contributed by atoms with E-state index in [0.29, 0.717) is 0 Å². The predicted molar refractivity (Wildman–Crippen MR) is 38.7 cm³/mol. The number of nitriles is 1. The van der Waals surface area contributed by atoms with Crippen molar-refractivity contribution in [3.05, 3.63) is 11.3 Å². The van der Waals surface area contributed by atoms with Crippen LogP contribution in [0.4, 0.5) is 0 Å². The molecule has 0 aromatic heterocycles. The van der Waals surface area contributed by atoms with Crippen molar-refractivity contribution in [2.75, 3.05) is 0 Å². The number of hydrogen-bond donors (Lipinski definition) is 1. The van der Waals surface area contributed by atoms with Crippen LogP contribution in [0.2, 0.25) is 0 Å². The molecule has 0 radical (unpaired) electrons. The standard InChI is InChI=1S/C8H9NO2/c1-5(10)7(4-9)8(11)6-2-3-6/h6,11H,2-3H2,1H3/b8-7-. The van der Waals surface area contributed by atoms with Gasteiger partial charge >= 0.3 is 0 Å². The number of hydrogen-bond acceptors (Lipinski definition) is 3. The molecule has 0 saturated heterocycles. The molecule has 0 aromatic rings. The number of allylic oxidation sites excluding steroid dienone is 2. The molecule has 1 N–H and O–H groups in total. The van der Waals surface area contributed by atoms with Crippen LogP contribution in [0.5, 0.6) is 0 Å². The van der Waals surface area contributed by atoms with Crippen molar-refractivity contribution in [3.8, 4) is 6.07 Å². The highest BCUT2D eigenvalue weighted by atomic mass is 16.3. The van der Waals surface area contributed by atoms with Gasteiger partial charge in [-0.3, -0.25) is 4.79 Å². The molecule has 1 rings (SSSR count). The second-order valence-electron chi connectivity index (χ2n) is 2.70. The van der Waals surface area contributed by atoms with Crippen molar-refractivity contribution in [1.29, 1.82) is 5.26 Å². The molecule has 1 aliphatic rings. The van der Waals surface area contributed by atoms with Gasteiger partial charge in [0.1, 0.15) is 17.4 Å². The molecule has 0 bridgehead atoms. The first-order valence-corrected chi connectivity index (χ1v) is 3.51. The fraction of sp³-hybridized carbons (Fsp3) is 0.500. The van der Waals surface area contributed by atoms with E-state index in [2.05, 4.69) is 0 Å². The Labute approximate surface area is 64.9 Å². The third kappa shape index (κ3) is 1.58. The quantitative estimate of drug-likeness (QED) is 0.368. The average Bonchev–Trinajstić information content (AvgIpc) is 2.68. The molecule has 11 heavy (non-hydrogen) atoms. The topological polar surface area (TPSA) is 61.1 Å². The lowest BCUT2D eigenvalue weighted by Crippen LogP contribution is -2.00. The number of aliphatic hydroxyl groups is 1. The second-order valence-corrected chi connectivity index (χ2v) is 2.70. The summed E-state index contributed by atoms with van der Waals surface area (Å²) in [6.45, 7) is 1.29. The first-order chi connectivity index (χ1) is 5.16. The molecule has 0 atom stereocenters. The van der Waals surface area contributed by atoms with Crippen LogP contribution in [-0.4, -0.2) is 10.9 Å². The van der Waals surface area contributed by atoms with Crippen LogP contribution in [0.15, 0.2) is 11.3 Å². The smallest absolute Gasteiger partial charge is 0.173 e. The largest absolute Gasteiger partial charge is 0.511 e. The molecular formula is C8H9NO2.